The fraction of sp³-hybridized carbons (Fsp3) is 0.136. The molecule has 0 fully saturated rings. The van der Waals surface area contributed by atoms with Crippen LogP contribution in [0.1, 0.15) is 11.3 Å². The number of carbonyl (C=O) groups excluding carboxylic acids is 1. The van der Waals surface area contributed by atoms with E-state index < -0.39 is 11.6 Å². The summed E-state index contributed by atoms with van der Waals surface area (Å²) >= 11 is 1.20. The second kappa shape index (κ2) is 9.13. The fourth-order valence-electron chi connectivity index (χ4n) is 3.02. The highest BCUT2D eigenvalue weighted by molar-refractivity contribution is 7.99. The number of thioether (sulfide) groups is 1. The van der Waals surface area contributed by atoms with Crippen LogP contribution in [0.25, 0.3) is 11.4 Å². The van der Waals surface area contributed by atoms with Crippen LogP contribution >= 0.6 is 11.8 Å². The third-order valence-electron chi connectivity index (χ3n) is 4.54. The van der Waals surface area contributed by atoms with Gasteiger partial charge in [-0.3, -0.25) is 9.36 Å². The summed E-state index contributed by atoms with van der Waals surface area (Å²) in [7, 11) is 0. The summed E-state index contributed by atoms with van der Waals surface area (Å²) < 4.78 is 33.7. The van der Waals surface area contributed by atoms with Crippen molar-refractivity contribution in [2.75, 3.05) is 11.1 Å². The molecule has 0 saturated heterocycles. The van der Waals surface area contributed by atoms with E-state index in [0.717, 1.165) is 23.3 Å². The van der Waals surface area contributed by atoms with Gasteiger partial charge < -0.3 is 9.73 Å². The van der Waals surface area contributed by atoms with Gasteiger partial charge in [0.1, 0.15) is 5.76 Å². The van der Waals surface area contributed by atoms with Crippen LogP contribution < -0.4 is 5.32 Å². The quantitative estimate of drug-likeness (QED) is 0.414. The molecular weight excluding hydrogens is 422 g/mol. The minimum absolute atomic E-state index is 0.0241. The van der Waals surface area contributed by atoms with Gasteiger partial charge in [0.25, 0.3) is 0 Å². The normalized spacial score (nSPS) is 10.9. The van der Waals surface area contributed by atoms with Gasteiger partial charge in [-0.05, 0) is 30.7 Å². The predicted molar refractivity (Wildman–Crippen MR) is 114 cm³/mol. The topological polar surface area (TPSA) is 72.9 Å². The highest BCUT2D eigenvalue weighted by atomic mass is 32.2. The van der Waals surface area contributed by atoms with Crippen molar-refractivity contribution in [2.45, 2.75) is 18.6 Å². The third-order valence-corrected chi connectivity index (χ3v) is 5.50. The first kappa shape index (κ1) is 20.8. The van der Waals surface area contributed by atoms with E-state index in [1.54, 1.807) is 6.26 Å². The Balaban J connectivity index is 1.53. The predicted octanol–water partition coefficient (Wildman–Crippen LogP) is 4.90. The van der Waals surface area contributed by atoms with Crippen LogP contribution in [0.15, 0.2) is 70.4 Å². The zero-order valence-electron chi connectivity index (χ0n) is 16.5. The second-order valence-corrected chi connectivity index (χ2v) is 7.68. The standard InChI is InChI=1S/C22H18F2N4O2S/c1-14-17(9-10-30-14)21-26-27-22(28(21)12-15-5-3-2-4-6-15)31-13-20(29)25-16-7-8-18(23)19(24)11-16/h2-11H,12-13H2,1H3,(H,25,29). The van der Waals surface area contributed by atoms with Crippen molar-refractivity contribution in [3.63, 3.8) is 0 Å². The number of anilines is 1. The summed E-state index contributed by atoms with van der Waals surface area (Å²) in [6.07, 6.45) is 1.59. The number of hydrogen-bond acceptors (Lipinski definition) is 5. The van der Waals surface area contributed by atoms with E-state index >= 15 is 0 Å². The maximum atomic E-state index is 13.3. The van der Waals surface area contributed by atoms with Crippen molar-refractivity contribution in [1.82, 2.24) is 14.8 Å². The largest absolute Gasteiger partial charge is 0.469 e. The van der Waals surface area contributed by atoms with Crippen molar-refractivity contribution < 1.29 is 18.0 Å². The molecule has 0 saturated carbocycles. The number of benzene rings is 2. The molecule has 1 N–H and O–H groups in total. The molecule has 0 atom stereocenters. The van der Waals surface area contributed by atoms with E-state index in [0.29, 0.717) is 23.3 Å². The monoisotopic (exact) mass is 440 g/mol. The Labute approximate surface area is 181 Å². The van der Waals surface area contributed by atoms with E-state index in [1.165, 1.54) is 17.8 Å². The van der Waals surface area contributed by atoms with Crippen molar-refractivity contribution in [3.05, 3.63) is 83.8 Å². The van der Waals surface area contributed by atoms with Crippen LogP contribution in [-0.4, -0.2) is 26.4 Å². The summed E-state index contributed by atoms with van der Waals surface area (Å²) in [6.45, 7) is 2.36. The summed E-state index contributed by atoms with van der Waals surface area (Å²) in [6, 6.07) is 14.9. The summed E-state index contributed by atoms with van der Waals surface area (Å²) in [5.41, 5.74) is 2.06. The smallest absolute Gasteiger partial charge is 0.234 e. The molecule has 0 unspecified atom stereocenters. The Morgan fingerprint density at radius 3 is 2.61 bits per heavy atom. The maximum Gasteiger partial charge on any atom is 0.234 e. The van der Waals surface area contributed by atoms with Crippen molar-refractivity contribution in [2.24, 2.45) is 0 Å². The maximum absolute atomic E-state index is 13.3. The van der Waals surface area contributed by atoms with Crippen LogP contribution in [0.4, 0.5) is 14.5 Å². The third kappa shape index (κ3) is 4.83. The lowest BCUT2D eigenvalue weighted by atomic mass is 10.2. The number of rotatable bonds is 7. The van der Waals surface area contributed by atoms with Crippen molar-refractivity contribution in [3.8, 4) is 11.4 Å². The summed E-state index contributed by atoms with van der Waals surface area (Å²) in [5.74, 6) is -0.980. The molecule has 0 radical (unpaired) electrons. The molecule has 0 bridgehead atoms. The number of carbonyl (C=O) groups is 1. The number of aryl methyl sites for hydroxylation is 1. The van der Waals surface area contributed by atoms with E-state index in [1.807, 2.05) is 47.9 Å². The number of nitrogens with one attached hydrogen (secondary N) is 1. The number of aromatic nitrogens is 3. The molecule has 6 nitrogen and oxygen atoms in total. The zero-order chi connectivity index (χ0) is 21.8. The lowest BCUT2D eigenvalue weighted by Crippen LogP contribution is -2.15. The van der Waals surface area contributed by atoms with E-state index in [9.17, 15) is 13.6 Å². The van der Waals surface area contributed by atoms with Crippen LogP contribution in [0.5, 0.6) is 0 Å². The Morgan fingerprint density at radius 1 is 1.10 bits per heavy atom. The lowest BCUT2D eigenvalue weighted by molar-refractivity contribution is -0.113. The van der Waals surface area contributed by atoms with Gasteiger partial charge >= 0.3 is 0 Å². The zero-order valence-corrected chi connectivity index (χ0v) is 17.3. The number of halogens is 2. The highest BCUT2D eigenvalue weighted by Crippen LogP contribution is 2.28. The van der Waals surface area contributed by atoms with Crippen LogP contribution in [0.3, 0.4) is 0 Å². The Kier molecular flexibility index (Phi) is 6.13. The minimum Gasteiger partial charge on any atom is -0.469 e. The first-order valence-electron chi connectivity index (χ1n) is 9.40. The molecule has 9 heteroatoms. The molecule has 0 aliphatic heterocycles. The Bertz CT molecular complexity index is 1210. The highest BCUT2D eigenvalue weighted by Gasteiger charge is 2.19. The van der Waals surface area contributed by atoms with Crippen LogP contribution in [0, 0.1) is 18.6 Å². The molecule has 2 heterocycles. The molecule has 2 aromatic heterocycles. The van der Waals surface area contributed by atoms with Crippen molar-refractivity contribution in [1.29, 1.82) is 0 Å². The first-order valence-corrected chi connectivity index (χ1v) is 10.4. The van der Waals surface area contributed by atoms with Gasteiger partial charge in [0.2, 0.25) is 5.91 Å². The van der Waals surface area contributed by atoms with E-state index in [4.69, 9.17) is 4.42 Å². The van der Waals surface area contributed by atoms with Gasteiger partial charge in [0.05, 0.1) is 24.1 Å². The molecule has 0 spiro atoms. The van der Waals surface area contributed by atoms with Gasteiger partial charge in [-0.2, -0.15) is 0 Å². The van der Waals surface area contributed by atoms with Gasteiger partial charge in [0, 0.05) is 11.8 Å². The first-order chi connectivity index (χ1) is 15.0. The molecule has 31 heavy (non-hydrogen) atoms. The van der Waals surface area contributed by atoms with Crippen LogP contribution in [-0.2, 0) is 11.3 Å². The average Bonchev–Trinajstić information content (AvgIpc) is 3.35. The fourth-order valence-corrected chi connectivity index (χ4v) is 3.76. The second-order valence-electron chi connectivity index (χ2n) is 6.73. The van der Waals surface area contributed by atoms with Crippen molar-refractivity contribution >= 4 is 23.4 Å². The molecule has 2 aromatic carbocycles. The lowest BCUT2D eigenvalue weighted by Gasteiger charge is -2.10. The van der Waals surface area contributed by atoms with Gasteiger partial charge in [-0.15, -0.1) is 10.2 Å². The molecular formula is C22H18F2N4O2S. The minimum atomic E-state index is -1.02. The molecule has 158 valence electrons. The molecule has 4 rings (SSSR count). The number of nitrogens with zero attached hydrogens (tertiary/aromatic N) is 3. The summed E-state index contributed by atoms with van der Waals surface area (Å²) in [4.78, 5) is 12.3. The summed E-state index contributed by atoms with van der Waals surface area (Å²) in [5, 5.41) is 11.7. The number of hydrogen-bond donors (Lipinski definition) is 1. The average molecular weight is 440 g/mol. The number of furan rings is 1. The van der Waals surface area contributed by atoms with E-state index in [-0.39, 0.29) is 17.3 Å². The molecule has 0 aliphatic rings. The SMILES string of the molecule is Cc1occc1-c1nnc(SCC(=O)Nc2ccc(F)c(F)c2)n1Cc1ccccc1. The molecule has 0 aliphatic carbocycles. The molecule has 1 amide bonds. The molecule has 4 aromatic rings. The van der Waals surface area contributed by atoms with Gasteiger partial charge in [0.15, 0.2) is 22.6 Å². The number of amides is 1. The van der Waals surface area contributed by atoms with Gasteiger partial charge in [-0.25, -0.2) is 8.78 Å². The van der Waals surface area contributed by atoms with Gasteiger partial charge in [-0.1, -0.05) is 42.1 Å². The Hall–Kier alpha value is -3.46. The Morgan fingerprint density at radius 2 is 1.90 bits per heavy atom. The van der Waals surface area contributed by atoms with Crippen LogP contribution in [0.2, 0.25) is 0 Å². The van der Waals surface area contributed by atoms with E-state index in [2.05, 4.69) is 15.5 Å².